The van der Waals surface area contributed by atoms with E-state index in [4.69, 9.17) is 5.11 Å². The number of aliphatic hydroxyl groups is 1. The molecule has 2 heterocycles. The maximum absolute atomic E-state index is 11.6. The SMILES string of the molecule is O=C1CCCC(=O)N1Cc1cc(C#CCO)cs1. The van der Waals surface area contributed by atoms with Gasteiger partial charge in [-0.05, 0) is 12.5 Å². The van der Waals surface area contributed by atoms with Crippen molar-refractivity contribution in [3.05, 3.63) is 21.9 Å². The van der Waals surface area contributed by atoms with Crippen LogP contribution >= 0.6 is 11.3 Å². The van der Waals surface area contributed by atoms with Crippen molar-refractivity contribution in [3.8, 4) is 11.8 Å². The van der Waals surface area contributed by atoms with Crippen LogP contribution < -0.4 is 0 Å². The lowest BCUT2D eigenvalue weighted by molar-refractivity contribution is -0.148. The highest BCUT2D eigenvalue weighted by atomic mass is 32.1. The van der Waals surface area contributed by atoms with Crippen molar-refractivity contribution in [2.75, 3.05) is 6.61 Å². The van der Waals surface area contributed by atoms with Crippen molar-refractivity contribution in [2.24, 2.45) is 0 Å². The minimum absolute atomic E-state index is 0.0948. The van der Waals surface area contributed by atoms with Crippen LogP contribution in [0.4, 0.5) is 0 Å². The molecule has 0 unspecified atom stereocenters. The molecule has 5 heteroatoms. The van der Waals surface area contributed by atoms with Crippen molar-refractivity contribution < 1.29 is 14.7 Å². The van der Waals surface area contributed by atoms with Crippen molar-refractivity contribution >= 4 is 23.2 Å². The van der Waals surface area contributed by atoms with Crippen molar-refractivity contribution in [1.82, 2.24) is 4.90 Å². The van der Waals surface area contributed by atoms with E-state index in [1.807, 2.05) is 11.4 Å². The second-order valence-corrected chi connectivity index (χ2v) is 4.98. The third-order valence-corrected chi connectivity index (χ3v) is 3.58. The fourth-order valence-electron chi connectivity index (χ4n) is 1.80. The average Bonchev–Trinajstić information content (AvgIpc) is 2.79. The highest BCUT2D eigenvalue weighted by Gasteiger charge is 2.26. The first-order chi connectivity index (χ1) is 8.70. The molecule has 0 atom stereocenters. The van der Waals surface area contributed by atoms with Crippen LogP contribution in [0.5, 0.6) is 0 Å². The van der Waals surface area contributed by atoms with Crippen LogP contribution in [0.3, 0.4) is 0 Å². The second-order valence-electron chi connectivity index (χ2n) is 3.99. The molecule has 1 aromatic rings. The number of aliphatic hydroxyl groups excluding tert-OH is 1. The number of rotatable bonds is 2. The summed E-state index contributed by atoms with van der Waals surface area (Å²) in [6, 6.07) is 1.85. The summed E-state index contributed by atoms with van der Waals surface area (Å²) < 4.78 is 0. The number of carbonyl (C=O) groups is 2. The number of nitrogens with zero attached hydrogens (tertiary/aromatic N) is 1. The monoisotopic (exact) mass is 263 g/mol. The molecule has 1 aliphatic rings. The zero-order valence-electron chi connectivity index (χ0n) is 9.81. The van der Waals surface area contributed by atoms with Crippen LogP contribution in [0, 0.1) is 11.8 Å². The number of amides is 2. The number of thiophene rings is 1. The molecule has 0 spiro atoms. The number of hydrogen-bond acceptors (Lipinski definition) is 4. The predicted molar refractivity (Wildman–Crippen MR) is 67.7 cm³/mol. The molecular formula is C13H13NO3S. The highest BCUT2D eigenvalue weighted by molar-refractivity contribution is 7.10. The van der Waals surface area contributed by atoms with Gasteiger partial charge < -0.3 is 5.11 Å². The van der Waals surface area contributed by atoms with Crippen LogP contribution in [-0.2, 0) is 16.1 Å². The van der Waals surface area contributed by atoms with Gasteiger partial charge >= 0.3 is 0 Å². The van der Waals surface area contributed by atoms with E-state index in [1.165, 1.54) is 16.2 Å². The first-order valence-electron chi connectivity index (χ1n) is 5.71. The molecule has 0 aliphatic carbocycles. The maximum atomic E-state index is 11.6. The van der Waals surface area contributed by atoms with Crippen molar-refractivity contribution in [3.63, 3.8) is 0 Å². The molecule has 2 rings (SSSR count). The van der Waals surface area contributed by atoms with Gasteiger partial charge in [-0.2, -0.15) is 0 Å². The van der Waals surface area contributed by atoms with E-state index < -0.39 is 0 Å². The lowest BCUT2D eigenvalue weighted by Crippen LogP contribution is -2.39. The molecule has 18 heavy (non-hydrogen) atoms. The Labute approximate surface area is 109 Å². The van der Waals surface area contributed by atoms with Crippen LogP contribution in [0.1, 0.15) is 29.7 Å². The van der Waals surface area contributed by atoms with Crippen molar-refractivity contribution in [1.29, 1.82) is 0 Å². The van der Waals surface area contributed by atoms with Gasteiger partial charge in [-0.3, -0.25) is 14.5 Å². The minimum Gasteiger partial charge on any atom is -0.384 e. The van der Waals surface area contributed by atoms with Gasteiger partial charge in [-0.25, -0.2) is 0 Å². The summed E-state index contributed by atoms with van der Waals surface area (Å²) in [5.41, 5.74) is 0.806. The van der Waals surface area contributed by atoms with E-state index in [2.05, 4.69) is 11.8 Å². The fourth-order valence-corrected chi connectivity index (χ4v) is 2.61. The first-order valence-corrected chi connectivity index (χ1v) is 6.59. The Balaban J connectivity index is 2.06. The Bertz CT molecular complexity index is 508. The Morgan fingerprint density at radius 2 is 2.06 bits per heavy atom. The standard InChI is InChI=1S/C13H13NO3S/c15-6-2-3-10-7-11(18-9-10)8-14-12(16)4-1-5-13(14)17/h7,9,15H,1,4-6,8H2. The van der Waals surface area contributed by atoms with E-state index in [9.17, 15) is 9.59 Å². The lowest BCUT2D eigenvalue weighted by atomic mass is 10.1. The number of hydrogen-bond donors (Lipinski definition) is 1. The number of imide groups is 1. The lowest BCUT2D eigenvalue weighted by Gasteiger charge is -2.24. The van der Waals surface area contributed by atoms with Gasteiger partial charge in [0, 0.05) is 28.7 Å². The molecule has 1 fully saturated rings. The average molecular weight is 263 g/mol. The third-order valence-electron chi connectivity index (χ3n) is 2.66. The summed E-state index contributed by atoms with van der Waals surface area (Å²) >= 11 is 1.47. The molecule has 4 nitrogen and oxygen atoms in total. The molecule has 94 valence electrons. The molecule has 0 bridgehead atoms. The second kappa shape index (κ2) is 5.80. The van der Waals surface area contributed by atoms with Crippen LogP contribution in [0.25, 0.3) is 0 Å². The summed E-state index contributed by atoms with van der Waals surface area (Å²) in [7, 11) is 0. The molecule has 1 N–H and O–H groups in total. The fraction of sp³-hybridized carbons (Fsp3) is 0.385. The van der Waals surface area contributed by atoms with Gasteiger partial charge in [0.2, 0.25) is 11.8 Å². The summed E-state index contributed by atoms with van der Waals surface area (Å²) in [4.78, 5) is 25.5. The quantitative estimate of drug-likeness (QED) is 0.643. The smallest absolute Gasteiger partial charge is 0.229 e. The van der Waals surface area contributed by atoms with E-state index >= 15 is 0 Å². The molecule has 0 aromatic carbocycles. The Hall–Kier alpha value is -1.64. The van der Waals surface area contributed by atoms with Gasteiger partial charge in [0.15, 0.2) is 0 Å². The minimum atomic E-state index is -0.172. The van der Waals surface area contributed by atoms with Gasteiger partial charge in [-0.15, -0.1) is 11.3 Å². The molecule has 2 amide bonds. The zero-order valence-corrected chi connectivity index (χ0v) is 10.6. The Kier molecular flexibility index (Phi) is 4.13. The van der Waals surface area contributed by atoms with Gasteiger partial charge in [-0.1, -0.05) is 11.8 Å². The van der Waals surface area contributed by atoms with E-state index in [1.54, 1.807) is 0 Å². The molecule has 1 aromatic heterocycles. The van der Waals surface area contributed by atoms with Gasteiger partial charge in [0.1, 0.15) is 6.61 Å². The first kappa shape index (κ1) is 12.8. The molecule has 1 saturated heterocycles. The maximum Gasteiger partial charge on any atom is 0.229 e. The van der Waals surface area contributed by atoms with E-state index in [-0.39, 0.29) is 18.4 Å². The van der Waals surface area contributed by atoms with Crippen LogP contribution in [0.15, 0.2) is 11.4 Å². The Morgan fingerprint density at radius 3 is 2.72 bits per heavy atom. The number of likely N-dealkylation sites (tertiary alicyclic amines) is 1. The molecule has 0 radical (unpaired) electrons. The van der Waals surface area contributed by atoms with E-state index in [0.717, 1.165) is 10.4 Å². The topological polar surface area (TPSA) is 57.6 Å². The molecule has 1 aliphatic heterocycles. The summed E-state index contributed by atoms with van der Waals surface area (Å²) in [6.07, 6.45) is 1.56. The van der Waals surface area contributed by atoms with Crippen LogP contribution in [0.2, 0.25) is 0 Å². The van der Waals surface area contributed by atoms with E-state index in [0.29, 0.717) is 25.8 Å². The number of piperidine rings is 1. The summed E-state index contributed by atoms with van der Waals surface area (Å²) in [5, 5.41) is 10.5. The van der Waals surface area contributed by atoms with Gasteiger partial charge in [0.05, 0.1) is 6.54 Å². The van der Waals surface area contributed by atoms with Gasteiger partial charge in [0.25, 0.3) is 0 Å². The Morgan fingerprint density at radius 1 is 1.33 bits per heavy atom. The largest absolute Gasteiger partial charge is 0.384 e. The van der Waals surface area contributed by atoms with Crippen molar-refractivity contribution in [2.45, 2.75) is 25.8 Å². The summed E-state index contributed by atoms with van der Waals surface area (Å²) in [5.74, 6) is 5.17. The van der Waals surface area contributed by atoms with Crippen LogP contribution in [-0.4, -0.2) is 28.4 Å². The number of carbonyl (C=O) groups excluding carboxylic acids is 2. The predicted octanol–water partition coefficient (Wildman–Crippen LogP) is 1.13. The highest BCUT2D eigenvalue weighted by Crippen LogP contribution is 2.20. The molecular weight excluding hydrogens is 250 g/mol. The normalized spacial score (nSPS) is 15.5. The third kappa shape index (κ3) is 2.97. The zero-order chi connectivity index (χ0) is 13.0. The summed E-state index contributed by atoms with van der Waals surface area (Å²) in [6.45, 7) is 0.164. The molecule has 0 saturated carbocycles.